The molecule has 5 aliphatic carbocycles. The molecule has 0 radical (unpaired) electrons. The van der Waals surface area contributed by atoms with E-state index in [1.54, 1.807) is 11.1 Å². The van der Waals surface area contributed by atoms with E-state index in [1.807, 2.05) is 6.20 Å². The lowest BCUT2D eigenvalue weighted by molar-refractivity contribution is -0.0399. The molecule has 4 fully saturated rings. The van der Waals surface area contributed by atoms with Gasteiger partial charge in [-0.1, -0.05) is 97.1 Å². The Kier molecular flexibility index (Phi) is 5.14. The Morgan fingerprint density at radius 3 is 2.06 bits per heavy atom. The Morgan fingerprint density at radius 2 is 1.27 bits per heavy atom. The van der Waals surface area contributed by atoms with Gasteiger partial charge >= 0.3 is 0 Å². The molecule has 5 aliphatic rings. The molecule has 1 spiro atoms. The second-order valence-corrected chi connectivity index (χ2v) is 15.5. The molecule has 3 heteroatoms. The van der Waals surface area contributed by atoms with E-state index >= 15 is 0 Å². The maximum Gasteiger partial charge on any atom is 0.161 e. The standard InChI is InChI=1S/C46H35N3/c1-2-8-30-24-33(14-13-29(30)7-1)45-47-18-17-42(48-45)49-41-26-32-10-4-3-9-31(32)25-38(41)36-15-16-40-43(44(36)49)37-11-5-6-12-39(37)46(40)34-20-27-19-28(22-34)23-35(46)21-27/h1-18,24-28,34-35H,19-23H2. The van der Waals surface area contributed by atoms with E-state index in [4.69, 9.17) is 9.97 Å². The zero-order valence-corrected chi connectivity index (χ0v) is 27.3. The van der Waals surface area contributed by atoms with E-state index < -0.39 is 0 Å². The van der Waals surface area contributed by atoms with Gasteiger partial charge in [-0.2, -0.15) is 0 Å². The molecule has 234 valence electrons. The highest BCUT2D eigenvalue weighted by atomic mass is 15.1. The van der Waals surface area contributed by atoms with Crippen LogP contribution in [0.5, 0.6) is 0 Å². The van der Waals surface area contributed by atoms with E-state index in [2.05, 4.69) is 126 Å². The number of hydrogen-bond donors (Lipinski definition) is 0. The quantitative estimate of drug-likeness (QED) is 0.190. The minimum atomic E-state index is 0.113. The largest absolute Gasteiger partial charge is 0.293 e. The summed E-state index contributed by atoms with van der Waals surface area (Å²) in [4.78, 5) is 10.2. The summed E-state index contributed by atoms with van der Waals surface area (Å²) in [5.41, 5.74) is 9.69. The average Bonchev–Trinajstić information content (AvgIpc) is 3.62. The van der Waals surface area contributed by atoms with Crippen LogP contribution in [-0.2, 0) is 5.41 Å². The van der Waals surface area contributed by atoms with Crippen molar-refractivity contribution in [3.05, 3.63) is 139 Å². The van der Waals surface area contributed by atoms with Crippen molar-refractivity contribution in [3.8, 4) is 28.3 Å². The van der Waals surface area contributed by atoms with Crippen LogP contribution >= 0.6 is 0 Å². The molecule has 8 aromatic rings. The molecule has 0 unspecified atom stereocenters. The van der Waals surface area contributed by atoms with E-state index in [0.29, 0.717) is 0 Å². The van der Waals surface area contributed by atoms with Gasteiger partial charge in [-0.25, -0.2) is 9.97 Å². The molecule has 49 heavy (non-hydrogen) atoms. The average molecular weight is 630 g/mol. The van der Waals surface area contributed by atoms with Gasteiger partial charge in [-0.05, 0) is 118 Å². The van der Waals surface area contributed by atoms with Crippen LogP contribution in [0.3, 0.4) is 0 Å². The Balaban J connectivity index is 1.18. The van der Waals surface area contributed by atoms with Crippen molar-refractivity contribution in [2.75, 3.05) is 0 Å². The van der Waals surface area contributed by atoms with Crippen LogP contribution in [0.4, 0.5) is 0 Å². The molecule has 0 atom stereocenters. The molecule has 0 saturated heterocycles. The van der Waals surface area contributed by atoms with Crippen molar-refractivity contribution < 1.29 is 0 Å². The Morgan fingerprint density at radius 1 is 0.571 bits per heavy atom. The van der Waals surface area contributed by atoms with Gasteiger partial charge in [0.25, 0.3) is 0 Å². The zero-order valence-electron chi connectivity index (χ0n) is 27.3. The molecule has 0 N–H and O–H groups in total. The van der Waals surface area contributed by atoms with Crippen LogP contribution in [0.15, 0.2) is 128 Å². The number of hydrogen-bond acceptors (Lipinski definition) is 2. The maximum absolute atomic E-state index is 5.38. The minimum Gasteiger partial charge on any atom is -0.293 e. The molecule has 4 bridgehead atoms. The predicted octanol–water partition coefficient (Wildman–Crippen LogP) is 11.3. The first-order valence-electron chi connectivity index (χ1n) is 18.2. The number of benzene rings is 6. The second kappa shape index (κ2) is 9.45. The van der Waals surface area contributed by atoms with Crippen LogP contribution in [0.2, 0.25) is 0 Å². The van der Waals surface area contributed by atoms with Gasteiger partial charge in [0.15, 0.2) is 5.82 Å². The fourth-order valence-electron chi connectivity index (χ4n) is 11.6. The minimum absolute atomic E-state index is 0.113. The summed E-state index contributed by atoms with van der Waals surface area (Å²) in [6, 6.07) is 45.3. The van der Waals surface area contributed by atoms with Gasteiger partial charge in [0.1, 0.15) is 5.82 Å². The van der Waals surface area contributed by atoms with Crippen LogP contribution in [0.1, 0.15) is 43.2 Å². The number of fused-ring (bicyclic) bond motifs is 9. The molecule has 2 aromatic heterocycles. The molecule has 2 heterocycles. The fourth-order valence-corrected chi connectivity index (χ4v) is 11.6. The Hall–Kier alpha value is -5.28. The Labute approximate surface area is 285 Å². The molecule has 6 aromatic carbocycles. The highest BCUT2D eigenvalue weighted by Crippen LogP contribution is 2.70. The summed E-state index contributed by atoms with van der Waals surface area (Å²) in [5, 5.41) is 7.54. The monoisotopic (exact) mass is 629 g/mol. The van der Waals surface area contributed by atoms with E-state index in [9.17, 15) is 0 Å². The van der Waals surface area contributed by atoms with E-state index in [0.717, 1.165) is 40.9 Å². The fraction of sp³-hybridized carbons (Fsp3) is 0.217. The van der Waals surface area contributed by atoms with Crippen LogP contribution in [0, 0.1) is 23.7 Å². The molecule has 3 nitrogen and oxygen atoms in total. The highest BCUT2D eigenvalue weighted by molar-refractivity contribution is 6.18. The zero-order chi connectivity index (χ0) is 31.8. The lowest BCUT2D eigenvalue weighted by Crippen LogP contribution is -2.55. The molecular weight excluding hydrogens is 595 g/mol. The number of rotatable bonds is 2. The topological polar surface area (TPSA) is 30.7 Å². The summed E-state index contributed by atoms with van der Waals surface area (Å²) in [6.45, 7) is 0. The van der Waals surface area contributed by atoms with Gasteiger partial charge in [0.2, 0.25) is 0 Å². The molecule has 4 saturated carbocycles. The summed E-state index contributed by atoms with van der Waals surface area (Å²) in [5.74, 6) is 4.96. The smallest absolute Gasteiger partial charge is 0.161 e. The third-order valence-electron chi connectivity index (χ3n) is 13.2. The number of aromatic nitrogens is 3. The van der Waals surface area contributed by atoms with Crippen molar-refractivity contribution in [1.82, 2.24) is 14.5 Å². The Bertz CT molecular complexity index is 2670. The molecule has 0 aliphatic heterocycles. The van der Waals surface area contributed by atoms with Crippen LogP contribution < -0.4 is 0 Å². The van der Waals surface area contributed by atoms with Gasteiger partial charge in [0, 0.05) is 33.5 Å². The third-order valence-corrected chi connectivity index (χ3v) is 13.2. The summed E-state index contributed by atoms with van der Waals surface area (Å²) < 4.78 is 2.48. The summed E-state index contributed by atoms with van der Waals surface area (Å²) >= 11 is 0. The van der Waals surface area contributed by atoms with Crippen LogP contribution in [0.25, 0.3) is 71.7 Å². The molecular formula is C46H35N3. The predicted molar refractivity (Wildman–Crippen MR) is 200 cm³/mol. The van der Waals surface area contributed by atoms with Gasteiger partial charge in [0.05, 0.1) is 11.0 Å². The van der Waals surface area contributed by atoms with Crippen molar-refractivity contribution in [3.63, 3.8) is 0 Å². The van der Waals surface area contributed by atoms with Crippen molar-refractivity contribution in [2.45, 2.75) is 37.5 Å². The van der Waals surface area contributed by atoms with Gasteiger partial charge in [-0.3, -0.25) is 4.57 Å². The van der Waals surface area contributed by atoms with E-state index in [1.165, 1.54) is 86.6 Å². The first-order valence-corrected chi connectivity index (χ1v) is 18.2. The second-order valence-electron chi connectivity index (χ2n) is 15.5. The third kappa shape index (κ3) is 3.43. The molecule has 0 amide bonds. The normalized spacial score (nSPS) is 24.8. The lowest BCUT2D eigenvalue weighted by atomic mass is 9.43. The number of nitrogens with zero attached hydrogens (tertiary/aromatic N) is 3. The lowest BCUT2D eigenvalue weighted by Gasteiger charge is -2.61. The first-order chi connectivity index (χ1) is 24.2. The van der Waals surface area contributed by atoms with Crippen molar-refractivity contribution in [1.29, 1.82) is 0 Å². The van der Waals surface area contributed by atoms with Crippen molar-refractivity contribution >= 4 is 43.4 Å². The van der Waals surface area contributed by atoms with Gasteiger partial charge < -0.3 is 0 Å². The summed E-state index contributed by atoms with van der Waals surface area (Å²) in [7, 11) is 0. The maximum atomic E-state index is 5.38. The van der Waals surface area contributed by atoms with Crippen molar-refractivity contribution in [2.24, 2.45) is 23.7 Å². The van der Waals surface area contributed by atoms with Gasteiger partial charge in [-0.15, -0.1) is 0 Å². The van der Waals surface area contributed by atoms with E-state index in [-0.39, 0.29) is 5.41 Å². The SMILES string of the molecule is c1ccc2c(c1)-c1c(ccc3c4cc5ccccc5cc4n(-c4ccnc(-c5ccc6ccccc6c5)n4)c13)C21C2CC3CC(C2)CC1C3. The summed E-state index contributed by atoms with van der Waals surface area (Å²) in [6.07, 6.45) is 8.94. The van der Waals surface area contributed by atoms with Crippen LogP contribution in [-0.4, -0.2) is 14.5 Å². The first kappa shape index (κ1) is 26.6. The highest BCUT2D eigenvalue weighted by Gasteiger charge is 2.61. The molecule has 13 rings (SSSR count).